The number of ether oxygens (including phenoxy) is 1. The van der Waals surface area contributed by atoms with Gasteiger partial charge >= 0.3 is 6.09 Å². The zero-order chi connectivity index (χ0) is 25.5. The number of hydrogen-bond donors (Lipinski definition) is 5. The lowest BCUT2D eigenvalue weighted by Gasteiger charge is -2.27. The predicted octanol–water partition coefficient (Wildman–Crippen LogP) is 0.684. The van der Waals surface area contributed by atoms with Gasteiger partial charge in [0.15, 0.2) is 0 Å². The fourth-order valence-electron chi connectivity index (χ4n) is 3.56. The van der Waals surface area contributed by atoms with Crippen molar-refractivity contribution in [3.05, 3.63) is 35.6 Å². The molecule has 0 aromatic heterocycles. The first-order chi connectivity index (χ1) is 15.9. The summed E-state index contributed by atoms with van der Waals surface area (Å²) in [5, 5.41) is 17.3. The summed E-state index contributed by atoms with van der Waals surface area (Å²) >= 11 is 0. The van der Waals surface area contributed by atoms with E-state index in [1.54, 1.807) is 19.9 Å². The smallest absolute Gasteiger partial charge is 0.408 e. The van der Waals surface area contributed by atoms with Crippen molar-refractivity contribution in [2.24, 2.45) is 11.8 Å². The van der Waals surface area contributed by atoms with Crippen LogP contribution in [0.3, 0.4) is 0 Å². The van der Waals surface area contributed by atoms with Crippen molar-refractivity contribution < 1.29 is 41.6 Å². The van der Waals surface area contributed by atoms with E-state index in [0.29, 0.717) is 13.0 Å². The quantitative estimate of drug-likeness (QED) is 0.274. The molecule has 190 valence electrons. The minimum atomic E-state index is -4.96. The summed E-state index contributed by atoms with van der Waals surface area (Å²) in [6.45, 7) is 3.53. The lowest BCUT2D eigenvalue weighted by molar-refractivity contribution is -0.126. The molecule has 5 N–H and O–H groups in total. The number of aliphatic hydroxyl groups is 1. The largest absolute Gasteiger partial charge is 0.445 e. The number of aliphatic hydroxyl groups excluding tert-OH is 1. The molecule has 0 bridgehead atoms. The van der Waals surface area contributed by atoms with Gasteiger partial charge in [-0.25, -0.2) is 9.18 Å². The molecule has 3 unspecified atom stereocenters. The highest BCUT2D eigenvalue weighted by Gasteiger charge is 2.37. The molecule has 1 aliphatic heterocycles. The van der Waals surface area contributed by atoms with Gasteiger partial charge in [-0.2, -0.15) is 8.42 Å². The zero-order valence-corrected chi connectivity index (χ0v) is 19.7. The number of rotatable bonds is 11. The molecule has 3 amide bonds. The molecule has 0 aliphatic carbocycles. The molecule has 0 spiro atoms. The maximum Gasteiger partial charge on any atom is 0.408 e. The summed E-state index contributed by atoms with van der Waals surface area (Å²) in [5.41, 5.74) is -2.24. The molecular formula is C21H30FN3O8S. The predicted molar refractivity (Wildman–Crippen MR) is 118 cm³/mol. The van der Waals surface area contributed by atoms with Crippen LogP contribution in [0.2, 0.25) is 0 Å². The summed E-state index contributed by atoms with van der Waals surface area (Å²) < 4.78 is 51.0. The molecule has 0 radical (unpaired) electrons. The van der Waals surface area contributed by atoms with E-state index < -0.39 is 51.4 Å². The van der Waals surface area contributed by atoms with Crippen LogP contribution in [-0.4, -0.2) is 60.0 Å². The Morgan fingerprint density at radius 1 is 1.26 bits per heavy atom. The Kier molecular flexibility index (Phi) is 9.77. The van der Waals surface area contributed by atoms with Gasteiger partial charge in [-0.3, -0.25) is 14.1 Å². The van der Waals surface area contributed by atoms with Gasteiger partial charge in [0.1, 0.15) is 18.5 Å². The van der Waals surface area contributed by atoms with E-state index in [9.17, 15) is 36.9 Å². The number of hydrogen-bond acceptors (Lipinski definition) is 7. The third-order valence-electron chi connectivity index (χ3n) is 5.31. The third-order valence-corrected chi connectivity index (χ3v) is 6.25. The Balaban J connectivity index is 2.09. The summed E-state index contributed by atoms with van der Waals surface area (Å²) in [6.07, 6.45) is -0.769. The highest BCUT2D eigenvalue weighted by Crippen LogP contribution is 2.20. The van der Waals surface area contributed by atoms with E-state index in [4.69, 9.17) is 4.74 Å². The van der Waals surface area contributed by atoms with E-state index in [-0.39, 0.29) is 36.8 Å². The lowest BCUT2D eigenvalue weighted by Crippen LogP contribution is -2.54. The first-order valence-corrected chi connectivity index (χ1v) is 12.3. The summed E-state index contributed by atoms with van der Waals surface area (Å²) in [4.78, 5) is 37.0. The number of nitrogens with one attached hydrogen (secondary N) is 3. The number of halogens is 1. The Labute approximate surface area is 197 Å². The van der Waals surface area contributed by atoms with Crippen molar-refractivity contribution in [3.8, 4) is 0 Å². The molecule has 1 aromatic rings. The Morgan fingerprint density at radius 3 is 2.50 bits per heavy atom. The van der Waals surface area contributed by atoms with Gasteiger partial charge in [-0.15, -0.1) is 0 Å². The molecule has 0 saturated carbocycles. The Bertz CT molecular complexity index is 988. The van der Waals surface area contributed by atoms with Gasteiger partial charge in [0.25, 0.3) is 10.1 Å². The fraction of sp³-hybridized carbons (Fsp3) is 0.571. The molecule has 1 fully saturated rings. The third kappa shape index (κ3) is 8.22. The van der Waals surface area contributed by atoms with Crippen LogP contribution in [0.25, 0.3) is 0 Å². The minimum Gasteiger partial charge on any atom is -0.445 e. The maximum atomic E-state index is 13.7. The van der Waals surface area contributed by atoms with Gasteiger partial charge < -0.3 is 25.8 Å². The normalized spacial score (nSPS) is 18.6. The van der Waals surface area contributed by atoms with Crippen LogP contribution >= 0.6 is 0 Å². The topological polar surface area (TPSA) is 171 Å². The number of amides is 3. The van der Waals surface area contributed by atoms with E-state index >= 15 is 0 Å². The molecular weight excluding hydrogens is 473 g/mol. The molecule has 1 saturated heterocycles. The average Bonchev–Trinajstić information content (AvgIpc) is 3.15. The van der Waals surface area contributed by atoms with Gasteiger partial charge in [-0.05, 0) is 31.2 Å². The standard InChI is InChI=1S/C21H30FN3O8S/c1-12(2)9-16(25-21(29)33-11-14-5-3-4-6-15(14)22)19(27)24-17(20(28)34(30,31)32)10-13-7-8-23-18(13)26/h3-6,12-13,16-17,20,28H,7-11H2,1-2H3,(H,23,26)(H,24,27)(H,25,29)(H,30,31,32)/t13?,16?,17-,20?/m0/s1. The highest BCUT2D eigenvalue weighted by molar-refractivity contribution is 7.86. The van der Waals surface area contributed by atoms with Gasteiger partial charge in [0.05, 0.1) is 6.04 Å². The van der Waals surface area contributed by atoms with Crippen LogP contribution in [0.15, 0.2) is 24.3 Å². The van der Waals surface area contributed by atoms with E-state index in [2.05, 4.69) is 16.0 Å². The molecule has 4 atom stereocenters. The summed E-state index contributed by atoms with van der Waals surface area (Å²) in [5.74, 6) is -2.54. The fourth-order valence-corrected chi connectivity index (χ4v) is 4.15. The van der Waals surface area contributed by atoms with E-state index in [0.717, 1.165) is 0 Å². The van der Waals surface area contributed by atoms with Crippen molar-refractivity contribution >= 4 is 28.0 Å². The summed E-state index contributed by atoms with van der Waals surface area (Å²) in [7, 11) is -4.96. The van der Waals surface area contributed by atoms with Crippen LogP contribution < -0.4 is 16.0 Å². The lowest BCUT2D eigenvalue weighted by atomic mass is 9.97. The summed E-state index contributed by atoms with van der Waals surface area (Å²) in [6, 6.07) is 2.98. The molecule has 34 heavy (non-hydrogen) atoms. The number of benzene rings is 1. The Hall–Kier alpha value is -2.77. The highest BCUT2D eigenvalue weighted by atomic mass is 32.2. The number of alkyl carbamates (subject to hydrolysis) is 1. The van der Waals surface area contributed by atoms with Crippen molar-refractivity contribution in [2.45, 2.75) is 57.2 Å². The first-order valence-electron chi connectivity index (χ1n) is 10.8. The van der Waals surface area contributed by atoms with Crippen LogP contribution in [0.5, 0.6) is 0 Å². The van der Waals surface area contributed by atoms with Crippen LogP contribution in [0.1, 0.15) is 38.7 Å². The molecule has 2 rings (SSSR count). The zero-order valence-electron chi connectivity index (χ0n) is 18.9. The van der Waals surface area contributed by atoms with E-state index in [1.165, 1.54) is 18.2 Å². The molecule has 13 heteroatoms. The molecule has 1 aliphatic rings. The van der Waals surface area contributed by atoms with Crippen LogP contribution in [0, 0.1) is 17.7 Å². The second-order valence-electron chi connectivity index (χ2n) is 8.53. The second kappa shape index (κ2) is 12.1. The van der Waals surface area contributed by atoms with E-state index in [1.807, 2.05) is 0 Å². The monoisotopic (exact) mass is 503 g/mol. The molecule has 11 nitrogen and oxygen atoms in total. The van der Waals surface area contributed by atoms with Gasteiger partial charge in [0.2, 0.25) is 17.3 Å². The van der Waals surface area contributed by atoms with Crippen molar-refractivity contribution in [1.29, 1.82) is 0 Å². The van der Waals surface area contributed by atoms with Gasteiger partial charge in [-0.1, -0.05) is 32.0 Å². The maximum absolute atomic E-state index is 13.7. The van der Waals surface area contributed by atoms with Gasteiger partial charge in [0, 0.05) is 18.0 Å². The second-order valence-corrected chi connectivity index (χ2v) is 10.0. The molecule has 1 heterocycles. The van der Waals surface area contributed by atoms with Crippen molar-refractivity contribution in [3.63, 3.8) is 0 Å². The molecule has 1 aromatic carbocycles. The minimum absolute atomic E-state index is 0.0897. The average molecular weight is 504 g/mol. The van der Waals surface area contributed by atoms with Crippen LogP contribution in [-0.2, 0) is 31.1 Å². The van der Waals surface area contributed by atoms with Crippen molar-refractivity contribution in [2.75, 3.05) is 6.54 Å². The number of carbonyl (C=O) groups excluding carboxylic acids is 3. The Morgan fingerprint density at radius 2 is 1.94 bits per heavy atom. The SMILES string of the molecule is CC(C)CC(NC(=O)OCc1ccccc1F)C(=O)N[C@@H](CC1CCNC1=O)C(O)S(=O)(=O)O. The van der Waals surface area contributed by atoms with Crippen LogP contribution in [0.4, 0.5) is 9.18 Å². The number of carbonyl (C=O) groups is 3. The first kappa shape index (κ1) is 27.5. The van der Waals surface area contributed by atoms with Crippen molar-refractivity contribution in [1.82, 2.24) is 16.0 Å².